The van der Waals surface area contributed by atoms with Gasteiger partial charge in [-0.05, 0) is 29.6 Å². The molecule has 2 heterocycles. The van der Waals surface area contributed by atoms with E-state index in [0.717, 1.165) is 26.2 Å². The van der Waals surface area contributed by atoms with Crippen molar-refractivity contribution in [3.05, 3.63) is 57.9 Å². The van der Waals surface area contributed by atoms with Gasteiger partial charge >= 0.3 is 5.97 Å². The van der Waals surface area contributed by atoms with Crippen LogP contribution in [0.2, 0.25) is 0 Å². The summed E-state index contributed by atoms with van der Waals surface area (Å²) in [6.45, 7) is 0. The molecule has 0 aliphatic rings. The van der Waals surface area contributed by atoms with Crippen LogP contribution in [-0.4, -0.2) is 23.8 Å². The molecule has 0 atom stereocenters. The van der Waals surface area contributed by atoms with Crippen molar-refractivity contribution in [1.29, 1.82) is 5.26 Å². The first kappa shape index (κ1) is 18.6. The lowest BCUT2D eigenvalue weighted by molar-refractivity contribution is -0.137. The maximum atomic E-state index is 11.5. The third kappa shape index (κ3) is 4.15. The number of pyridine rings is 1. The third-order valence-electron chi connectivity index (χ3n) is 3.58. The number of benzene rings is 1. The number of methoxy groups -OCH3 is 1. The van der Waals surface area contributed by atoms with Crippen LogP contribution in [0.3, 0.4) is 0 Å². The fourth-order valence-corrected chi connectivity index (χ4v) is 4.16. The molecule has 3 rings (SSSR count). The van der Waals surface area contributed by atoms with E-state index in [4.69, 9.17) is 4.74 Å². The molecule has 0 spiro atoms. The van der Waals surface area contributed by atoms with Gasteiger partial charge in [-0.2, -0.15) is 5.26 Å². The Morgan fingerprint density at radius 2 is 2.12 bits per heavy atom. The first-order valence-electron chi connectivity index (χ1n) is 7.57. The van der Waals surface area contributed by atoms with Gasteiger partial charge in [-0.15, -0.1) is 11.3 Å². The lowest BCUT2D eigenvalue weighted by Crippen LogP contribution is -2.04. The van der Waals surface area contributed by atoms with Crippen LogP contribution in [0, 0.1) is 11.3 Å². The molecule has 4 nitrogen and oxygen atoms in total. The maximum absolute atomic E-state index is 11.5. The summed E-state index contributed by atoms with van der Waals surface area (Å²) < 4.78 is 5.68. The summed E-state index contributed by atoms with van der Waals surface area (Å²) in [5.41, 5.74) is 2.99. The number of hydrogen-bond acceptors (Lipinski definition) is 6. The van der Waals surface area contributed by atoms with Gasteiger partial charge in [0, 0.05) is 20.5 Å². The topological polar surface area (TPSA) is 63.0 Å². The van der Waals surface area contributed by atoms with Crippen molar-refractivity contribution in [3.63, 3.8) is 0 Å². The van der Waals surface area contributed by atoms with Crippen LogP contribution in [0.4, 0.5) is 0 Å². The van der Waals surface area contributed by atoms with Gasteiger partial charge < -0.3 is 4.74 Å². The zero-order valence-electron chi connectivity index (χ0n) is 13.7. The van der Waals surface area contributed by atoms with E-state index in [-0.39, 0.29) is 11.7 Å². The highest BCUT2D eigenvalue weighted by atomic mass is 79.9. The Balaban J connectivity index is 2.13. The van der Waals surface area contributed by atoms with E-state index in [1.807, 2.05) is 47.8 Å². The normalized spacial score (nSPS) is 10.3. The molecule has 0 aliphatic heterocycles. The van der Waals surface area contributed by atoms with Gasteiger partial charge in [0.05, 0.1) is 24.1 Å². The van der Waals surface area contributed by atoms with Crippen molar-refractivity contribution in [1.82, 2.24) is 4.98 Å². The van der Waals surface area contributed by atoms with Gasteiger partial charge in [0.1, 0.15) is 11.1 Å². The van der Waals surface area contributed by atoms with Crippen molar-refractivity contribution in [2.24, 2.45) is 0 Å². The van der Waals surface area contributed by atoms with Crippen molar-refractivity contribution in [2.75, 3.05) is 12.9 Å². The molecule has 3 aromatic rings. The van der Waals surface area contributed by atoms with E-state index in [1.165, 1.54) is 18.9 Å². The standard InChI is InChI=1S/C19H13BrN2O2S2/c1-24-18(23)11-26-19-15(10-21)14(17-3-2-8-25-17)9-16(22-19)12-4-6-13(20)7-5-12/h2-9H,11H2,1H3. The maximum Gasteiger partial charge on any atom is 0.316 e. The smallest absolute Gasteiger partial charge is 0.316 e. The molecular formula is C19H13BrN2O2S2. The van der Waals surface area contributed by atoms with Crippen LogP contribution >= 0.6 is 39.0 Å². The number of carbonyl (C=O) groups is 1. The summed E-state index contributed by atoms with van der Waals surface area (Å²) in [5, 5.41) is 12.2. The number of halogens is 1. The molecule has 0 N–H and O–H groups in total. The van der Waals surface area contributed by atoms with E-state index >= 15 is 0 Å². The van der Waals surface area contributed by atoms with Gasteiger partial charge in [-0.25, -0.2) is 4.98 Å². The molecule has 7 heteroatoms. The molecule has 130 valence electrons. The predicted octanol–water partition coefficient (Wildman–Crippen LogP) is 5.38. The highest BCUT2D eigenvalue weighted by Crippen LogP contribution is 2.36. The van der Waals surface area contributed by atoms with Gasteiger partial charge in [-0.3, -0.25) is 4.79 Å². The zero-order valence-corrected chi connectivity index (χ0v) is 17.0. The zero-order chi connectivity index (χ0) is 18.5. The number of thioether (sulfide) groups is 1. The number of nitriles is 1. The summed E-state index contributed by atoms with van der Waals surface area (Å²) in [4.78, 5) is 17.2. The minimum absolute atomic E-state index is 0.103. The Labute approximate surface area is 168 Å². The molecule has 0 saturated carbocycles. The Kier molecular flexibility index (Phi) is 6.09. The largest absolute Gasteiger partial charge is 0.468 e. The van der Waals surface area contributed by atoms with E-state index in [9.17, 15) is 10.1 Å². The molecule has 0 bridgehead atoms. The number of carbonyl (C=O) groups excluding carboxylic acids is 1. The molecule has 26 heavy (non-hydrogen) atoms. The average Bonchev–Trinajstić information content (AvgIpc) is 3.20. The molecule has 0 unspecified atom stereocenters. The van der Waals surface area contributed by atoms with Crippen LogP contribution in [0.5, 0.6) is 0 Å². The van der Waals surface area contributed by atoms with E-state index in [1.54, 1.807) is 11.3 Å². The van der Waals surface area contributed by atoms with Crippen LogP contribution in [0.1, 0.15) is 5.56 Å². The molecule has 0 saturated heterocycles. The first-order chi connectivity index (χ1) is 12.6. The Bertz CT molecular complexity index is 964. The first-order valence-corrected chi connectivity index (χ1v) is 10.2. The Hall–Kier alpha value is -2.14. The van der Waals surface area contributed by atoms with Gasteiger partial charge in [0.15, 0.2) is 0 Å². The number of aromatic nitrogens is 1. The molecule has 0 aliphatic carbocycles. The Morgan fingerprint density at radius 3 is 2.73 bits per heavy atom. The molecule has 1 aromatic carbocycles. The second kappa shape index (κ2) is 8.49. The van der Waals surface area contributed by atoms with Crippen LogP contribution in [-0.2, 0) is 9.53 Å². The number of esters is 1. The second-order valence-corrected chi connectivity index (χ2v) is 8.02. The number of nitrogens with zero attached hydrogens (tertiary/aromatic N) is 2. The third-order valence-corrected chi connectivity index (χ3v) is 5.96. The summed E-state index contributed by atoms with van der Waals surface area (Å²) in [7, 11) is 1.34. The summed E-state index contributed by atoms with van der Waals surface area (Å²) >= 11 is 6.21. The fourth-order valence-electron chi connectivity index (χ4n) is 2.32. The lowest BCUT2D eigenvalue weighted by Gasteiger charge is -2.11. The molecule has 0 amide bonds. The quantitative estimate of drug-likeness (QED) is 0.390. The van der Waals surface area contributed by atoms with Crippen molar-refractivity contribution in [3.8, 4) is 27.8 Å². The monoisotopic (exact) mass is 444 g/mol. The van der Waals surface area contributed by atoms with E-state index in [0.29, 0.717) is 10.6 Å². The number of thiophene rings is 1. The van der Waals surface area contributed by atoms with Gasteiger partial charge in [0.2, 0.25) is 0 Å². The van der Waals surface area contributed by atoms with Crippen molar-refractivity contribution < 1.29 is 9.53 Å². The number of ether oxygens (including phenoxy) is 1. The molecular weight excluding hydrogens is 432 g/mol. The van der Waals surface area contributed by atoms with Crippen LogP contribution in [0.15, 0.2) is 57.3 Å². The van der Waals surface area contributed by atoms with Crippen LogP contribution in [0.25, 0.3) is 21.7 Å². The van der Waals surface area contributed by atoms with Crippen molar-refractivity contribution in [2.45, 2.75) is 5.03 Å². The predicted molar refractivity (Wildman–Crippen MR) is 108 cm³/mol. The summed E-state index contributed by atoms with van der Waals surface area (Å²) in [6.07, 6.45) is 0. The molecule has 0 radical (unpaired) electrons. The average molecular weight is 445 g/mol. The van der Waals surface area contributed by atoms with Gasteiger partial charge in [-0.1, -0.05) is 45.9 Å². The number of hydrogen-bond donors (Lipinski definition) is 0. The molecule has 2 aromatic heterocycles. The summed E-state index contributed by atoms with van der Waals surface area (Å²) in [5.74, 6) is -0.251. The van der Waals surface area contributed by atoms with Gasteiger partial charge in [0.25, 0.3) is 0 Å². The van der Waals surface area contributed by atoms with Crippen molar-refractivity contribution >= 4 is 45.0 Å². The number of rotatable bonds is 5. The lowest BCUT2D eigenvalue weighted by atomic mass is 10.0. The van der Waals surface area contributed by atoms with E-state index < -0.39 is 0 Å². The minimum Gasteiger partial charge on any atom is -0.468 e. The minimum atomic E-state index is -0.354. The Morgan fingerprint density at radius 1 is 1.35 bits per heavy atom. The fraction of sp³-hybridized carbons (Fsp3) is 0.105. The summed E-state index contributed by atoms with van der Waals surface area (Å²) in [6, 6.07) is 15.9. The van der Waals surface area contributed by atoms with E-state index in [2.05, 4.69) is 27.0 Å². The second-order valence-electron chi connectivity index (χ2n) is 5.20. The SMILES string of the molecule is COC(=O)CSc1nc(-c2ccc(Br)cc2)cc(-c2cccs2)c1C#N. The molecule has 0 fully saturated rings. The van der Waals surface area contributed by atoms with Crippen LogP contribution < -0.4 is 0 Å². The highest BCUT2D eigenvalue weighted by molar-refractivity contribution is 9.10. The highest BCUT2D eigenvalue weighted by Gasteiger charge is 2.17.